The highest BCUT2D eigenvalue weighted by Gasteiger charge is 2.27. The van der Waals surface area contributed by atoms with Gasteiger partial charge in [0, 0.05) is 12.8 Å². The minimum absolute atomic E-state index is 0.0194. The zero-order valence-corrected chi connectivity index (χ0v) is 57.3. The summed E-state index contributed by atoms with van der Waals surface area (Å²) in [6.07, 6.45) is 103. The number of carbonyl (C=O) groups is 2. The molecular weight excluding hydrogens is 1110 g/mol. The van der Waals surface area contributed by atoms with Crippen LogP contribution in [0.2, 0.25) is 0 Å². The first kappa shape index (κ1) is 83.1. The highest BCUT2D eigenvalue weighted by atomic mass is 31.2. The van der Waals surface area contributed by atoms with Crippen molar-refractivity contribution in [3.63, 3.8) is 0 Å². The summed E-state index contributed by atoms with van der Waals surface area (Å²) in [6.45, 7) is 4.17. The van der Waals surface area contributed by atoms with Crippen molar-refractivity contribution >= 4 is 19.8 Å². The zero-order valence-electron chi connectivity index (χ0n) is 56.4. The molecule has 0 heterocycles. The van der Waals surface area contributed by atoms with Gasteiger partial charge in [0.2, 0.25) is 0 Å². The van der Waals surface area contributed by atoms with Gasteiger partial charge in [0.25, 0.3) is 0 Å². The van der Waals surface area contributed by atoms with E-state index in [-0.39, 0.29) is 32.0 Å². The largest absolute Gasteiger partial charge is 0.472 e. The van der Waals surface area contributed by atoms with E-state index in [2.05, 4.69) is 196 Å². The maximum Gasteiger partial charge on any atom is 0.472 e. The Labute approximate surface area is 540 Å². The second kappa shape index (κ2) is 66.5. The molecule has 1 N–H and O–H groups in total. The number of likely N-dealkylation sites (N-methyl/N-ethyl adjacent to an activating group) is 1. The van der Waals surface area contributed by atoms with Crippen LogP contribution in [0.3, 0.4) is 0 Å². The number of hydrogen-bond donors (Lipinski definition) is 1. The molecule has 0 aromatic rings. The molecule has 88 heavy (non-hydrogen) atoms. The van der Waals surface area contributed by atoms with Gasteiger partial charge in [-0.2, -0.15) is 0 Å². The first-order valence-corrected chi connectivity index (χ1v) is 36.0. The molecule has 0 saturated carbocycles. The number of nitrogens with zero attached hydrogens (tertiary/aromatic N) is 1. The predicted octanol–water partition coefficient (Wildman–Crippen LogP) is 22.7. The van der Waals surface area contributed by atoms with Crippen LogP contribution in [0.5, 0.6) is 0 Å². The number of quaternary nitrogens is 1. The molecule has 0 amide bonds. The van der Waals surface area contributed by atoms with E-state index in [4.69, 9.17) is 18.5 Å². The maximum atomic E-state index is 12.9. The Morgan fingerprint density at radius 1 is 0.352 bits per heavy atom. The second-order valence-electron chi connectivity index (χ2n) is 23.4. The van der Waals surface area contributed by atoms with Gasteiger partial charge in [-0.3, -0.25) is 18.6 Å². The molecule has 0 bridgehead atoms. The van der Waals surface area contributed by atoms with Crippen LogP contribution < -0.4 is 0 Å². The Morgan fingerprint density at radius 2 is 0.614 bits per heavy atom. The topological polar surface area (TPSA) is 108 Å². The van der Waals surface area contributed by atoms with Gasteiger partial charge in [0.1, 0.15) is 19.8 Å². The second-order valence-corrected chi connectivity index (χ2v) is 24.9. The Bertz CT molecular complexity index is 2140. The lowest BCUT2D eigenvalue weighted by Crippen LogP contribution is -2.37. The van der Waals surface area contributed by atoms with Crippen LogP contribution in [0.4, 0.5) is 0 Å². The summed E-state index contributed by atoms with van der Waals surface area (Å²) < 4.78 is 34.7. The minimum Gasteiger partial charge on any atom is -0.462 e. The van der Waals surface area contributed by atoms with E-state index in [1.807, 2.05) is 21.1 Å². The van der Waals surface area contributed by atoms with Gasteiger partial charge < -0.3 is 18.9 Å². The van der Waals surface area contributed by atoms with E-state index >= 15 is 0 Å². The molecule has 0 aliphatic heterocycles. The smallest absolute Gasteiger partial charge is 0.462 e. The zero-order chi connectivity index (χ0) is 64.1. The van der Waals surface area contributed by atoms with E-state index in [0.29, 0.717) is 17.4 Å². The number of carbonyl (C=O) groups excluding carboxylic acids is 2. The number of phosphoric acid groups is 1. The molecule has 2 unspecified atom stereocenters. The van der Waals surface area contributed by atoms with Crippen LogP contribution in [0.1, 0.15) is 245 Å². The van der Waals surface area contributed by atoms with E-state index in [1.165, 1.54) is 57.8 Å². The number of ether oxygens (including phenoxy) is 2. The third-order valence-corrected chi connectivity index (χ3v) is 14.9. The Kier molecular flexibility index (Phi) is 62.8. The Morgan fingerprint density at radius 3 is 0.909 bits per heavy atom. The third kappa shape index (κ3) is 70.2. The summed E-state index contributed by atoms with van der Waals surface area (Å²) in [4.78, 5) is 35.8. The number of allylic oxidation sites excluding steroid dienone is 30. The maximum absolute atomic E-state index is 12.9. The number of unbranched alkanes of at least 4 members (excludes halogenated alkanes) is 17. The van der Waals surface area contributed by atoms with Crippen molar-refractivity contribution in [2.24, 2.45) is 0 Å². The molecule has 0 aliphatic rings. The van der Waals surface area contributed by atoms with Crippen LogP contribution >= 0.6 is 7.82 Å². The Balaban J connectivity index is 4.13. The molecule has 496 valence electrons. The lowest BCUT2D eigenvalue weighted by molar-refractivity contribution is -0.870. The minimum atomic E-state index is -4.41. The molecule has 10 heteroatoms. The van der Waals surface area contributed by atoms with Gasteiger partial charge in [-0.25, -0.2) is 4.57 Å². The quantitative estimate of drug-likeness (QED) is 0.0211. The molecule has 9 nitrogen and oxygen atoms in total. The molecule has 2 atom stereocenters. The van der Waals surface area contributed by atoms with E-state index in [9.17, 15) is 19.0 Å². The first-order valence-electron chi connectivity index (χ1n) is 34.5. The summed E-state index contributed by atoms with van der Waals surface area (Å²) in [7, 11) is 1.44. The van der Waals surface area contributed by atoms with Crippen molar-refractivity contribution < 1.29 is 42.1 Å². The van der Waals surface area contributed by atoms with Crippen LogP contribution in [-0.2, 0) is 32.7 Å². The predicted molar refractivity (Wildman–Crippen MR) is 380 cm³/mol. The van der Waals surface area contributed by atoms with Gasteiger partial charge in [-0.1, -0.05) is 280 Å². The summed E-state index contributed by atoms with van der Waals surface area (Å²) >= 11 is 0. The van der Waals surface area contributed by atoms with Crippen molar-refractivity contribution in [1.82, 2.24) is 0 Å². The summed E-state index contributed by atoms with van der Waals surface area (Å²) in [6, 6.07) is 0. The monoisotopic (exact) mass is 1240 g/mol. The van der Waals surface area contributed by atoms with Gasteiger partial charge in [-0.15, -0.1) is 0 Å². The van der Waals surface area contributed by atoms with Crippen molar-refractivity contribution in [2.75, 3.05) is 47.5 Å². The fourth-order valence-electron chi connectivity index (χ4n) is 8.72. The molecule has 0 rings (SSSR count). The molecule has 0 aromatic heterocycles. The molecule has 0 aromatic carbocycles. The Hall–Kier alpha value is -4.89. The molecule has 0 fully saturated rings. The van der Waals surface area contributed by atoms with Crippen molar-refractivity contribution in [2.45, 2.75) is 251 Å². The van der Waals surface area contributed by atoms with Crippen LogP contribution in [-0.4, -0.2) is 74.9 Å². The lowest BCUT2D eigenvalue weighted by Gasteiger charge is -2.24. The lowest BCUT2D eigenvalue weighted by atomic mass is 10.0. The number of esters is 2. The van der Waals surface area contributed by atoms with Gasteiger partial charge >= 0.3 is 19.8 Å². The van der Waals surface area contributed by atoms with Gasteiger partial charge in [-0.05, 0) is 135 Å². The van der Waals surface area contributed by atoms with E-state index in [1.54, 1.807) is 0 Å². The standard InChI is InChI=1S/C78H126NO8P/c1-6-8-10-12-14-16-18-20-22-24-26-28-30-31-32-33-34-35-36-37-38-39-40-41-42-43-44-45-46-47-49-51-53-55-57-59-61-63-65-67-69-71-78(81)87-76(75-86-88(82,83)85-73-72-79(3,4)5)74-84-77(80)70-68-66-64-62-60-58-56-54-52-50-48-29-27-25-23-21-19-17-15-13-11-9-7-2/h8-11,14-17,20-23,26-29,31-32,34-35,37-38,40-41,43-44,46-47,50,52,76H,6-7,12-13,18-19,24-25,30,33,36,39,42,45,48-49,51,53-75H2,1-5H3/p+1/b10-8-,11-9-,16-14-,17-15-,22-20-,23-21-,28-26-,29-27-,32-31-,35-34-,38-37-,41-40-,44-43-,47-46-,52-50-. The van der Waals surface area contributed by atoms with Crippen LogP contribution in [0.15, 0.2) is 182 Å². The summed E-state index contributed by atoms with van der Waals surface area (Å²) in [5, 5.41) is 0. The van der Waals surface area contributed by atoms with E-state index in [0.717, 1.165) is 154 Å². The van der Waals surface area contributed by atoms with Gasteiger partial charge in [0.15, 0.2) is 6.10 Å². The SMILES string of the molecule is CC/C=C\C/C=C\C/C=C\C/C=C\C/C=C\C/C=C\C/C=C\C/C=C\C/C=C\C/C=C\CCCCCCCCCCCCC(=O)OC(COC(=O)CCCCCCCCC/C=C\C/C=C\C/C=C\C/C=C\C/C=C\CC)COP(=O)(O)OCC[N+](C)(C)C. The third-order valence-electron chi connectivity index (χ3n) is 13.9. The highest BCUT2D eigenvalue weighted by molar-refractivity contribution is 7.47. The number of phosphoric ester groups is 1. The van der Waals surface area contributed by atoms with Gasteiger partial charge in [0.05, 0.1) is 27.7 Å². The molecule has 0 aliphatic carbocycles. The highest BCUT2D eigenvalue weighted by Crippen LogP contribution is 2.43. The van der Waals surface area contributed by atoms with Crippen molar-refractivity contribution in [3.8, 4) is 0 Å². The first-order chi connectivity index (χ1) is 43.0. The average molecular weight is 1240 g/mol. The molecular formula is C78H127NO8P+. The summed E-state index contributed by atoms with van der Waals surface area (Å²) in [5.41, 5.74) is 0. The average Bonchev–Trinajstić information content (AvgIpc) is 3.58. The van der Waals surface area contributed by atoms with Crippen LogP contribution in [0, 0.1) is 0 Å². The number of rotatable bonds is 61. The fraction of sp³-hybridized carbons (Fsp3) is 0.590. The summed E-state index contributed by atoms with van der Waals surface area (Å²) in [5.74, 6) is -0.826. The number of hydrogen-bond acceptors (Lipinski definition) is 7. The van der Waals surface area contributed by atoms with Crippen molar-refractivity contribution in [1.29, 1.82) is 0 Å². The molecule has 0 spiro atoms. The normalized spacial score (nSPS) is 14.3. The van der Waals surface area contributed by atoms with Crippen LogP contribution in [0.25, 0.3) is 0 Å². The molecule has 0 saturated heterocycles. The molecule has 0 radical (unpaired) electrons. The van der Waals surface area contributed by atoms with Crippen molar-refractivity contribution in [3.05, 3.63) is 182 Å². The van der Waals surface area contributed by atoms with E-state index < -0.39 is 26.5 Å². The fourth-order valence-corrected chi connectivity index (χ4v) is 9.46.